The van der Waals surface area contributed by atoms with Crippen molar-refractivity contribution in [2.45, 2.75) is 45.1 Å². The zero-order valence-corrected chi connectivity index (χ0v) is 13.7. The van der Waals surface area contributed by atoms with Crippen LogP contribution in [-0.4, -0.2) is 43.4 Å². The average Bonchev–Trinajstić information content (AvgIpc) is 2.28. The smallest absolute Gasteiger partial charge is 0.550 e. The van der Waals surface area contributed by atoms with E-state index in [9.17, 15) is 15.0 Å². The summed E-state index contributed by atoms with van der Waals surface area (Å²) < 4.78 is 0. The Morgan fingerprint density at radius 1 is 1.22 bits per heavy atom. The van der Waals surface area contributed by atoms with Gasteiger partial charge < -0.3 is 25.6 Å². The van der Waals surface area contributed by atoms with Crippen molar-refractivity contribution in [2.24, 2.45) is 0 Å². The number of aliphatic carboxylic acids is 1. The summed E-state index contributed by atoms with van der Waals surface area (Å²) in [5.74, 6) is -1.03. The fourth-order valence-electron chi connectivity index (χ4n) is 1.49. The zero-order chi connectivity index (χ0) is 12.9. The molecule has 0 fully saturated rings. The van der Waals surface area contributed by atoms with Gasteiger partial charge in [0.2, 0.25) is 0 Å². The first-order valence-corrected chi connectivity index (χ1v) is 6.46. The second-order valence-corrected chi connectivity index (χ2v) is 4.23. The zero-order valence-electron chi connectivity index (χ0n) is 11.7. The average molecular weight is 268 g/mol. The molecule has 3 N–H and O–H groups in total. The number of nitrogens with one attached hydrogen (secondary N) is 2. The maximum atomic E-state index is 10.1. The number of carboxylic acids is 1. The van der Waals surface area contributed by atoms with E-state index >= 15 is 0 Å². The molecule has 18 heavy (non-hydrogen) atoms. The van der Waals surface area contributed by atoms with E-state index in [1.807, 2.05) is 0 Å². The minimum atomic E-state index is -1.03. The van der Waals surface area contributed by atoms with Gasteiger partial charge in [0, 0.05) is 32.1 Å². The van der Waals surface area contributed by atoms with Crippen molar-refractivity contribution in [2.75, 3.05) is 26.2 Å². The van der Waals surface area contributed by atoms with Crippen molar-refractivity contribution in [3.05, 3.63) is 0 Å². The Morgan fingerprint density at radius 3 is 2.50 bits per heavy atom. The van der Waals surface area contributed by atoms with Crippen LogP contribution in [0.5, 0.6) is 0 Å². The standard InChI is InChI=1S/C12H26N2O3.Na/c1-2-3-4-5-11(15)10-14-9-8-13-7-6-12(16)17;/h11,13-15H,2-10H2,1H3,(H,16,17);/q;+1/p-1. The number of carboxylic acid groups (broad SMARTS) is 1. The minimum absolute atomic E-state index is 0. The van der Waals surface area contributed by atoms with Crippen LogP contribution >= 0.6 is 0 Å². The fraction of sp³-hybridized carbons (Fsp3) is 0.917. The van der Waals surface area contributed by atoms with Gasteiger partial charge in [-0.2, -0.15) is 0 Å². The van der Waals surface area contributed by atoms with Crippen LogP contribution in [0.15, 0.2) is 0 Å². The molecule has 0 saturated heterocycles. The van der Waals surface area contributed by atoms with Gasteiger partial charge >= 0.3 is 29.6 Å². The topological polar surface area (TPSA) is 84.4 Å². The quantitative estimate of drug-likeness (QED) is 0.250. The SMILES string of the molecule is CCCCCC(O)CNCCNCCC(=O)[O-].[Na+]. The van der Waals surface area contributed by atoms with Crippen LogP contribution in [-0.2, 0) is 4.79 Å². The second kappa shape index (κ2) is 15.4. The molecule has 0 aromatic carbocycles. The van der Waals surface area contributed by atoms with Gasteiger partial charge in [0.1, 0.15) is 0 Å². The monoisotopic (exact) mass is 268 g/mol. The summed E-state index contributed by atoms with van der Waals surface area (Å²) in [5, 5.41) is 25.8. The van der Waals surface area contributed by atoms with E-state index in [1.165, 1.54) is 12.8 Å². The van der Waals surface area contributed by atoms with Gasteiger partial charge in [0.25, 0.3) is 0 Å². The third kappa shape index (κ3) is 16.4. The van der Waals surface area contributed by atoms with Crippen LogP contribution in [0.4, 0.5) is 0 Å². The van der Waals surface area contributed by atoms with E-state index in [4.69, 9.17) is 0 Å². The Kier molecular flexibility index (Phi) is 17.7. The molecule has 5 nitrogen and oxygen atoms in total. The second-order valence-electron chi connectivity index (χ2n) is 4.23. The van der Waals surface area contributed by atoms with Crippen LogP contribution in [0, 0.1) is 0 Å². The van der Waals surface area contributed by atoms with Gasteiger partial charge in [0.15, 0.2) is 0 Å². The maximum Gasteiger partial charge on any atom is 1.00 e. The molecule has 0 rings (SSSR count). The molecular formula is C12H25N2NaO3. The van der Waals surface area contributed by atoms with Crippen LogP contribution in [0.3, 0.4) is 0 Å². The largest absolute Gasteiger partial charge is 1.00 e. The molecule has 0 radical (unpaired) electrons. The summed E-state index contributed by atoms with van der Waals surface area (Å²) in [6.07, 6.45) is 4.02. The molecule has 0 spiro atoms. The number of aliphatic hydroxyl groups is 1. The molecule has 0 aliphatic heterocycles. The molecule has 1 atom stereocenters. The van der Waals surface area contributed by atoms with Crippen LogP contribution < -0.4 is 45.3 Å². The van der Waals surface area contributed by atoms with Crippen LogP contribution in [0.25, 0.3) is 0 Å². The Labute approximate surface area is 132 Å². The van der Waals surface area contributed by atoms with Crippen molar-refractivity contribution >= 4 is 5.97 Å². The van der Waals surface area contributed by atoms with Crippen molar-refractivity contribution in [3.63, 3.8) is 0 Å². The first-order valence-electron chi connectivity index (χ1n) is 6.46. The number of aliphatic hydroxyl groups excluding tert-OH is 1. The summed E-state index contributed by atoms with van der Waals surface area (Å²) in [4.78, 5) is 10.1. The Bertz CT molecular complexity index is 194. The molecule has 0 bridgehead atoms. The fourth-order valence-corrected chi connectivity index (χ4v) is 1.49. The predicted molar refractivity (Wildman–Crippen MR) is 65.5 cm³/mol. The van der Waals surface area contributed by atoms with Gasteiger partial charge in [0.05, 0.1) is 6.10 Å². The number of unbranched alkanes of at least 4 members (excludes halogenated alkanes) is 2. The van der Waals surface area contributed by atoms with E-state index in [1.54, 1.807) is 0 Å². The molecular weight excluding hydrogens is 243 g/mol. The molecule has 102 valence electrons. The van der Waals surface area contributed by atoms with Crippen molar-refractivity contribution in [3.8, 4) is 0 Å². The van der Waals surface area contributed by atoms with Gasteiger partial charge in [-0.1, -0.05) is 26.2 Å². The van der Waals surface area contributed by atoms with Gasteiger partial charge in [-0.25, -0.2) is 0 Å². The Morgan fingerprint density at radius 2 is 1.89 bits per heavy atom. The van der Waals surface area contributed by atoms with E-state index in [0.29, 0.717) is 19.6 Å². The van der Waals surface area contributed by atoms with E-state index in [0.717, 1.165) is 19.4 Å². The minimum Gasteiger partial charge on any atom is -0.550 e. The predicted octanol–water partition coefficient (Wildman–Crippen LogP) is -3.75. The number of hydrogen-bond donors (Lipinski definition) is 3. The third-order valence-corrected chi connectivity index (χ3v) is 2.51. The molecule has 1 unspecified atom stereocenters. The van der Waals surface area contributed by atoms with Gasteiger partial charge in [-0.3, -0.25) is 0 Å². The van der Waals surface area contributed by atoms with Crippen LogP contribution in [0.1, 0.15) is 39.0 Å². The molecule has 0 aromatic rings. The number of rotatable bonds is 12. The molecule has 0 aliphatic carbocycles. The van der Waals surface area contributed by atoms with E-state index in [-0.39, 0.29) is 42.1 Å². The molecule has 0 aromatic heterocycles. The Hall–Kier alpha value is 0.350. The summed E-state index contributed by atoms with van der Waals surface area (Å²) >= 11 is 0. The molecule has 6 heteroatoms. The maximum absolute atomic E-state index is 10.1. The Balaban J connectivity index is 0. The molecule has 0 aliphatic rings. The van der Waals surface area contributed by atoms with Gasteiger partial charge in [-0.05, 0) is 12.8 Å². The molecule has 0 saturated carbocycles. The summed E-state index contributed by atoms with van der Waals surface area (Å²) in [6.45, 7) is 4.62. The molecule has 0 heterocycles. The third-order valence-electron chi connectivity index (χ3n) is 2.51. The first kappa shape index (κ1) is 20.7. The number of carbonyl (C=O) groups excluding carboxylic acids is 1. The van der Waals surface area contributed by atoms with E-state index < -0.39 is 5.97 Å². The summed E-state index contributed by atoms with van der Waals surface area (Å²) in [7, 11) is 0. The summed E-state index contributed by atoms with van der Waals surface area (Å²) in [6, 6.07) is 0. The summed E-state index contributed by atoms with van der Waals surface area (Å²) in [5.41, 5.74) is 0. The number of carbonyl (C=O) groups is 1. The van der Waals surface area contributed by atoms with Gasteiger partial charge in [-0.15, -0.1) is 0 Å². The first-order chi connectivity index (χ1) is 8.16. The molecule has 0 amide bonds. The number of hydrogen-bond acceptors (Lipinski definition) is 5. The van der Waals surface area contributed by atoms with E-state index in [2.05, 4.69) is 17.6 Å². The van der Waals surface area contributed by atoms with Crippen molar-refractivity contribution in [1.29, 1.82) is 0 Å². The van der Waals surface area contributed by atoms with Crippen LogP contribution in [0.2, 0.25) is 0 Å². The normalized spacial score (nSPS) is 11.9. The van der Waals surface area contributed by atoms with Crippen molar-refractivity contribution < 1.29 is 44.6 Å². The van der Waals surface area contributed by atoms with Crippen molar-refractivity contribution in [1.82, 2.24) is 10.6 Å².